The van der Waals surface area contributed by atoms with Crippen LogP contribution in [0, 0.1) is 6.92 Å². The third-order valence-electron chi connectivity index (χ3n) is 7.45. The molecule has 0 unspecified atom stereocenters. The van der Waals surface area contributed by atoms with Crippen molar-refractivity contribution in [3.8, 4) is 6.01 Å². The van der Waals surface area contributed by atoms with Crippen molar-refractivity contribution in [1.29, 1.82) is 0 Å². The number of hydrogen-bond donors (Lipinski definition) is 7. The summed E-state index contributed by atoms with van der Waals surface area (Å²) in [6.45, 7) is 2.96. The topological polar surface area (TPSA) is 331 Å². The fourth-order valence-electron chi connectivity index (χ4n) is 5.03. The van der Waals surface area contributed by atoms with Crippen LogP contribution in [0.3, 0.4) is 0 Å². The lowest BCUT2D eigenvalue weighted by atomic mass is 9.93. The standard InChI is InChI=1S/C19H17Cl2NO4.C11H11N5O6S2.C3H8NO5P/c1-2-26-19(25)16(21)10-11-9-12(7-8-15(11)20)22-17(23)13-5-3-4-6-14(13)18(22)24;1-5-12-9(15-11(13-5)22-2)14-10(19)16-24(20,21)6-3-4-23-7(6)8(17)18;5-3(6)1-4-2-10(7,8)9/h7-10H,2-6H2,1H3;3-4H,1-2H3,(H,17,18)(H2,12,13,14,15,16,19);4H,1-2H2,(H,5,6)(H2,7,8,9)/b16-10-;;. The molecule has 27 heteroatoms. The first kappa shape index (κ1) is 49.0. The van der Waals surface area contributed by atoms with E-state index in [9.17, 15) is 41.8 Å². The molecule has 324 valence electrons. The molecule has 0 saturated heterocycles. The van der Waals surface area contributed by atoms with E-state index in [1.807, 2.05) is 0 Å². The Kier molecular flexibility index (Phi) is 17.8. The monoisotopic (exact) mass is 935 g/mol. The summed E-state index contributed by atoms with van der Waals surface area (Å²) in [4.78, 5) is 97.5. The highest BCUT2D eigenvalue weighted by Crippen LogP contribution is 2.37. The van der Waals surface area contributed by atoms with Gasteiger partial charge in [-0.25, -0.2) is 32.4 Å². The maximum absolute atomic E-state index is 12.7. The molecule has 3 heterocycles. The number of aromatic nitrogens is 3. The molecule has 7 N–H and O–H groups in total. The number of aromatic carboxylic acids is 1. The normalized spacial score (nSPS) is 13.9. The van der Waals surface area contributed by atoms with Gasteiger partial charge in [0.1, 0.15) is 20.6 Å². The molecule has 0 bridgehead atoms. The lowest BCUT2D eigenvalue weighted by molar-refractivity contribution is -0.138. The summed E-state index contributed by atoms with van der Waals surface area (Å²) < 4.78 is 45.6. The molecule has 1 aliphatic heterocycles. The number of thiophene rings is 1. The van der Waals surface area contributed by atoms with Gasteiger partial charge in [-0.05, 0) is 80.8 Å². The van der Waals surface area contributed by atoms with Crippen LogP contribution >= 0.6 is 42.1 Å². The SMILES string of the molecule is CCOC(=O)/C(Cl)=C/c1cc(N2C(=O)C3=C(CCCC3)C2=O)ccc1Cl.COc1nc(C)nc(NC(=O)NS(=O)(=O)c2ccsc2C(=O)O)n1.O=C(O)CNCP(=O)(O)O. The molecule has 0 radical (unpaired) electrons. The van der Waals surface area contributed by atoms with Crippen molar-refractivity contribution in [3.05, 3.63) is 67.1 Å². The fourth-order valence-corrected chi connectivity index (χ4v) is 7.95. The van der Waals surface area contributed by atoms with E-state index in [0.29, 0.717) is 40.3 Å². The maximum Gasteiger partial charge on any atom is 0.349 e. The summed E-state index contributed by atoms with van der Waals surface area (Å²) in [5.41, 5.74) is 2.04. The zero-order valence-corrected chi connectivity index (χ0v) is 35.5. The van der Waals surface area contributed by atoms with Crippen molar-refractivity contribution in [2.24, 2.45) is 0 Å². The van der Waals surface area contributed by atoms with E-state index in [0.717, 1.165) is 30.2 Å². The minimum atomic E-state index is -4.37. The van der Waals surface area contributed by atoms with Gasteiger partial charge < -0.3 is 29.5 Å². The molecule has 60 heavy (non-hydrogen) atoms. The number of amides is 4. The third kappa shape index (κ3) is 14.2. The van der Waals surface area contributed by atoms with E-state index < -0.39 is 64.2 Å². The Bertz CT molecular complexity index is 2360. The Morgan fingerprint density at radius 2 is 1.67 bits per heavy atom. The van der Waals surface area contributed by atoms with Crippen molar-refractivity contribution in [2.75, 3.05) is 36.8 Å². The highest BCUT2D eigenvalue weighted by atomic mass is 35.5. The first-order chi connectivity index (χ1) is 28.1. The second-order valence-corrected chi connectivity index (χ2v) is 16.9. The number of carboxylic acids is 2. The number of imide groups is 1. The molecule has 22 nitrogen and oxygen atoms in total. The number of carbonyl (C=O) groups excluding carboxylic acids is 4. The Labute approximate surface area is 354 Å². The van der Waals surface area contributed by atoms with Crippen LogP contribution in [0.4, 0.5) is 16.4 Å². The van der Waals surface area contributed by atoms with Gasteiger partial charge in [0.05, 0.1) is 32.2 Å². The van der Waals surface area contributed by atoms with Crippen LogP contribution in [0.25, 0.3) is 6.08 Å². The van der Waals surface area contributed by atoms with Gasteiger partial charge in [0.25, 0.3) is 21.8 Å². The van der Waals surface area contributed by atoms with Crippen LogP contribution < -0.4 is 25.0 Å². The largest absolute Gasteiger partial charge is 0.480 e. The molecule has 0 spiro atoms. The highest BCUT2D eigenvalue weighted by molar-refractivity contribution is 7.90. The van der Waals surface area contributed by atoms with Gasteiger partial charge in [-0.2, -0.15) is 15.0 Å². The predicted molar refractivity (Wildman–Crippen MR) is 214 cm³/mol. The van der Waals surface area contributed by atoms with Gasteiger partial charge >= 0.3 is 37.5 Å². The number of carboxylic acid groups (broad SMARTS) is 2. The number of esters is 1. The minimum absolute atomic E-state index is 0.0633. The number of carbonyl (C=O) groups is 6. The van der Waals surface area contributed by atoms with Crippen molar-refractivity contribution in [2.45, 2.75) is 44.4 Å². The van der Waals surface area contributed by atoms with Gasteiger partial charge in [0, 0.05) is 16.2 Å². The Hall–Kier alpha value is -5.33. The lowest BCUT2D eigenvalue weighted by Crippen LogP contribution is -2.35. The van der Waals surface area contributed by atoms with E-state index in [1.165, 1.54) is 30.4 Å². The predicted octanol–water partition coefficient (Wildman–Crippen LogP) is 3.48. The first-order valence-electron chi connectivity index (χ1n) is 16.9. The van der Waals surface area contributed by atoms with Crippen LogP contribution in [0.2, 0.25) is 5.02 Å². The number of urea groups is 1. The number of sulfonamides is 1. The summed E-state index contributed by atoms with van der Waals surface area (Å²) in [5, 5.41) is 22.6. The molecule has 4 amide bonds. The number of halogens is 2. The molecule has 1 aromatic carbocycles. The number of anilines is 2. The molecule has 0 saturated carbocycles. The lowest BCUT2D eigenvalue weighted by Gasteiger charge is -2.16. The number of nitrogens with one attached hydrogen (secondary N) is 3. The number of hydrogen-bond acceptors (Lipinski definition) is 16. The number of methoxy groups -OCH3 is 1. The smallest absolute Gasteiger partial charge is 0.349 e. The zero-order valence-electron chi connectivity index (χ0n) is 31.5. The van der Waals surface area contributed by atoms with Gasteiger partial charge in [0.2, 0.25) is 5.95 Å². The average Bonchev–Trinajstić information content (AvgIpc) is 3.76. The summed E-state index contributed by atoms with van der Waals surface area (Å²) in [6, 6.07) is 4.59. The summed E-state index contributed by atoms with van der Waals surface area (Å²) in [6.07, 6.45) is 3.85. The van der Waals surface area contributed by atoms with Crippen molar-refractivity contribution >= 4 is 106 Å². The van der Waals surface area contributed by atoms with Crippen molar-refractivity contribution in [3.63, 3.8) is 0 Å². The minimum Gasteiger partial charge on any atom is -0.480 e. The first-order valence-corrected chi connectivity index (χ1v) is 21.8. The van der Waals surface area contributed by atoms with Gasteiger partial charge in [-0.3, -0.25) is 29.6 Å². The Morgan fingerprint density at radius 3 is 2.22 bits per heavy atom. The Balaban J connectivity index is 0.000000263. The second kappa shape index (κ2) is 21.8. The summed E-state index contributed by atoms with van der Waals surface area (Å²) >= 11 is 12.8. The molecule has 3 aromatic rings. The molecule has 1 aliphatic carbocycles. The summed E-state index contributed by atoms with van der Waals surface area (Å²) in [7, 11) is -7.16. The number of aryl methyl sites for hydroxylation is 1. The van der Waals surface area contributed by atoms with Gasteiger partial charge in [-0.1, -0.05) is 23.2 Å². The van der Waals surface area contributed by atoms with Crippen molar-refractivity contribution in [1.82, 2.24) is 25.0 Å². The zero-order chi connectivity index (χ0) is 44.9. The van der Waals surface area contributed by atoms with Gasteiger partial charge in [0.15, 0.2) is 0 Å². The second-order valence-electron chi connectivity index (χ2n) is 11.8. The van der Waals surface area contributed by atoms with Crippen LogP contribution in [0.5, 0.6) is 6.01 Å². The van der Waals surface area contributed by atoms with Crippen LogP contribution in [0.1, 0.15) is 53.7 Å². The van der Waals surface area contributed by atoms with E-state index in [2.05, 4.69) is 25.6 Å². The number of aliphatic carboxylic acids is 1. The van der Waals surface area contributed by atoms with Crippen LogP contribution in [-0.4, -0.2) is 106 Å². The molecule has 0 fully saturated rings. The quantitative estimate of drug-likeness (QED) is 0.0558. The maximum atomic E-state index is 12.7. The van der Waals surface area contributed by atoms with E-state index in [-0.39, 0.29) is 41.2 Å². The van der Waals surface area contributed by atoms with Crippen LogP contribution in [0.15, 0.2) is 50.7 Å². The summed E-state index contributed by atoms with van der Waals surface area (Å²) in [5.74, 6) is -3.77. The average molecular weight is 937 g/mol. The molecular formula is C33H36Cl2N7O15PS2. The van der Waals surface area contributed by atoms with Gasteiger partial charge in [-0.15, -0.1) is 11.3 Å². The third-order valence-corrected chi connectivity index (χ3v) is 11.1. The number of benzene rings is 1. The van der Waals surface area contributed by atoms with E-state index >= 15 is 0 Å². The molecule has 0 atom stereocenters. The Morgan fingerprint density at radius 1 is 1.03 bits per heavy atom. The number of ether oxygens (including phenoxy) is 2. The van der Waals surface area contributed by atoms with E-state index in [1.54, 1.807) is 29.8 Å². The van der Waals surface area contributed by atoms with E-state index in [4.69, 9.17) is 52.7 Å². The number of rotatable bonds is 13. The fraction of sp³-hybridized carbons (Fsp3) is 0.303. The number of nitrogens with zero attached hydrogens (tertiary/aromatic N) is 4. The highest BCUT2D eigenvalue weighted by Gasteiger charge is 2.39. The van der Waals surface area contributed by atoms with Crippen molar-refractivity contribution < 1.29 is 71.2 Å². The molecule has 2 aliphatic rings. The molecule has 5 rings (SSSR count). The molecule has 2 aromatic heterocycles. The molecular weight excluding hydrogens is 900 g/mol. The van der Waals surface area contributed by atoms with Crippen LogP contribution in [-0.2, 0) is 38.5 Å².